The van der Waals surface area contributed by atoms with Gasteiger partial charge in [-0.25, -0.2) is 4.79 Å². The highest BCUT2D eigenvalue weighted by atomic mass is 16.5. The van der Waals surface area contributed by atoms with Gasteiger partial charge >= 0.3 is 5.69 Å². The number of hydrogen-bond donors (Lipinski definition) is 3. The SMILES string of the molecule is CCOc1ccc(CN2CCN(C(C)C(=O)Nc3ccc4[nH]c(=O)[nH]c4c3)CC2)cc1. The molecule has 2 heterocycles. The number of hydrogen-bond acceptors (Lipinski definition) is 5. The lowest BCUT2D eigenvalue weighted by molar-refractivity contribution is -0.121. The number of carbonyl (C=O) groups excluding carboxylic acids is 1. The van der Waals surface area contributed by atoms with Gasteiger partial charge in [-0.05, 0) is 49.7 Å². The molecule has 0 spiro atoms. The molecule has 8 heteroatoms. The van der Waals surface area contributed by atoms with Crippen molar-refractivity contribution in [2.24, 2.45) is 0 Å². The minimum atomic E-state index is -0.255. The van der Waals surface area contributed by atoms with E-state index in [-0.39, 0.29) is 17.6 Å². The monoisotopic (exact) mass is 423 g/mol. The van der Waals surface area contributed by atoms with E-state index < -0.39 is 0 Å². The lowest BCUT2D eigenvalue weighted by Gasteiger charge is -2.37. The number of benzene rings is 2. The molecule has 1 aliphatic rings. The van der Waals surface area contributed by atoms with Crippen molar-refractivity contribution >= 4 is 22.6 Å². The van der Waals surface area contributed by atoms with Gasteiger partial charge in [-0.1, -0.05) is 12.1 Å². The number of anilines is 1. The summed E-state index contributed by atoms with van der Waals surface area (Å²) in [6.45, 7) is 9.02. The predicted molar refractivity (Wildman–Crippen MR) is 121 cm³/mol. The minimum absolute atomic E-state index is 0.0443. The van der Waals surface area contributed by atoms with Crippen molar-refractivity contribution in [3.8, 4) is 5.75 Å². The van der Waals surface area contributed by atoms with Crippen LogP contribution in [-0.4, -0.2) is 64.5 Å². The summed E-state index contributed by atoms with van der Waals surface area (Å²) in [6, 6.07) is 13.4. The third-order valence-corrected chi connectivity index (χ3v) is 5.76. The third-order valence-electron chi connectivity index (χ3n) is 5.76. The molecule has 1 atom stereocenters. The van der Waals surface area contributed by atoms with Gasteiger partial charge in [-0.2, -0.15) is 0 Å². The summed E-state index contributed by atoms with van der Waals surface area (Å²) in [7, 11) is 0. The highest BCUT2D eigenvalue weighted by Crippen LogP contribution is 2.17. The average Bonchev–Trinajstić information content (AvgIpc) is 3.14. The Labute approximate surface area is 181 Å². The Morgan fingerprint density at radius 1 is 1.06 bits per heavy atom. The zero-order valence-corrected chi connectivity index (χ0v) is 18.0. The van der Waals surface area contributed by atoms with Crippen LogP contribution in [0.25, 0.3) is 11.0 Å². The maximum atomic E-state index is 12.8. The standard InChI is InChI=1S/C23H29N5O3/c1-3-31-19-7-4-17(5-8-19)15-27-10-12-28(13-11-27)16(2)22(29)24-18-6-9-20-21(14-18)26-23(30)25-20/h4-9,14,16H,3,10-13,15H2,1-2H3,(H,24,29)(H2,25,26,30). The Balaban J connectivity index is 1.28. The number of imidazole rings is 1. The van der Waals surface area contributed by atoms with Crippen LogP contribution in [0.4, 0.5) is 5.69 Å². The summed E-state index contributed by atoms with van der Waals surface area (Å²) in [6.07, 6.45) is 0. The number of rotatable bonds is 7. The fourth-order valence-corrected chi connectivity index (χ4v) is 3.95. The van der Waals surface area contributed by atoms with Crippen molar-refractivity contribution in [1.82, 2.24) is 19.8 Å². The van der Waals surface area contributed by atoms with Crippen LogP contribution in [0.5, 0.6) is 5.75 Å². The van der Waals surface area contributed by atoms with Gasteiger partial charge in [0.25, 0.3) is 0 Å². The van der Waals surface area contributed by atoms with E-state index >= 15 is 0 Å². The smallest absolute Gasteiger partial charge is 0.323 e. The van der Waals surface area contributed by atoms with E-state index in [0.717, 1.165) is 44.0 Å². The Morgan fingerprint density at radius 2 is 1.77 bits per heavy atom. The Bertz CT molecular complexity index is 1080. The number of amides is 1. The number of aromatic nitrogens is 2. The molecule has 1 fully saturated rings. The highest BCUT2D eigenvalue weighted by Gasteiger charge is 2.25. The molecule has 0 aliphatic carbocycles. The molecular formula is C23H29N5O3. The van der Waals surface area contributed by atoms with Crippen LogP contribution in [0.1, 0.15) is 19.4 Å². The highest BCUT2D eigenvalue weighted by molar-refractivity contribution is 5.96. The molecule has 3 aromatic rings. The van der Waals surface area contributed by atoms with Crippen LogP contribution in [-0.2, 0) is 11.3 Å². The second-order valence-electron chi connectivity index (χ2n) is 7.89. The molecular weight excluding hydrogens is 394 g/mol. The molecule has 0 saturated carbocycles. The molecule has 1 aliphatic heterocycles. The van der Waals surface area contributed by atoms with Crippen LogP contribution >= 0.6 is 0 Å². The normalized spacial score (nSPS) is 16.3. The van der Waals surface area contributed by atoms with Gasteiger partial charge in [0.05, 0.1) is 23.7 Å². The molecule has 1 amide bonds. The lowest BCUT2D eigenvalue weighted by atomic mass is 10.1. The van der Waals surface area contributed by atoms with Crippen LogP contribution in [0, 0.1) is 0 Å². The molecule has 1 aromatic heterocycles. The number of ether oxygens (including phenoxy) is 1. The van der Waals surface area contributed by atoms with Crippen LogP contribution in [0.3, 0.4) is 0 Å². The molecule has 2 aromatic carbocycles. The second kappa shape index (κ2) is 9.36. The summed E-state index contributed by atoms with van der Waals surface area (Å²) in [5.74, 6) is 0.857. The third kappa shape index (κ3) is 5.15. The van der Waals surface area contributed by atoms with Gasteiger partial charge in [0.15, 0.2) is 0 Å². The number of aromatic amines is 2. The van der Waals surface area contributed by atoms with Gasteiger partial charge in [0, 0.05) is 38.4 Å². The molecule has 8 nitrogen and oxygen atoms in total. The molecule has 1 unspecified atom stereocenters. The van der Waals surface area contributed by atoms with E-state index in [1.165, 1.54) is 5.56 Å². The molecule has 0 bridgehead atoms. The molecule has 1 saturated heterocycles. The van der Waals surface area contributed by atoms with Crippen molar-refractivity contribution in [2.75, 3.05) is 38.1 Å². The average molecular weight is 424 g/mol. The van der Waals surface area contributed by atoms with E-state index in [2.05, 4.69) is 37.2 Å². The van der Waals surface area contributed by atoms with Crippen molar-refractivity contribution in [3.63, 3.8) is 0 Å². The van der Waals surface area contributed by atoms with Crippen LogP contribution in [0.2, 0.25) is 0 Å². The number of carbonyl (C=O) groups is 1. The van der Waals surface area contributed by atoms with E-state index in [1.54, 1.807) is 18.2 Å². The van der Waals surface area contributed by atoms with Gasteiger partial charge in [-0.15, -0.1) is 0 Å². The van der Waals surface area contributed by atoms with Crippen LogP contribution < -0.4 is 15.7 Å². The van der Waals surface area contributed by atoms with Crippen molar-refractivity contribution < 1.29 is 9.53 Å². The van der Waals surface area contributed by atoms with Gasteiger partial charge < -0.3 is 20.0 Å². The summed E-state index contributed by atoms with van der Waals surface area (Å²) in [5.41, 5.74) is 3.09. The van der Waals surface area contributed by atoms with E-state index in [9.17, 15) is 9.59 Å². The van der Waals surface area contributed by atoms with E-state index in [1.807, 2.05) is 26.0 Å². The fraction of sp³-hybridized carbons (Fsp3) is 0.391. The largest absolute Gasteiger partial charge is 0.494 e. The summed E-state index contributed by atoms with van der Waals surface area (Å²) >= 11 is 0. The summed E-state index contributed by atoms with van der Waals surface area (Å²) < 4.78 is 5.50. The summed E-state index contributed by atoms with van der Waals surface area (Å²) in [5, 5.41) is 2.97. The zero-order chi connectivity index (χ0) is 21.8. The van der Waals surface area contributed by atoms with Crippen LogP contribution in [0.15, 0.2) is 47.3 Å². The molecule has 4 rings (SSSR count). The first-order valence-corrected chi connectivity index (χ1v) is 10.7. The number of piperazine rings is 1. The molecule has 164 valence electrons. The number of nitrogens with one attached hydrogen (secondary N) is 3. The van der Waals surface area contributed by atoms with Crippen molar-refractivity contribution in [3.05, 3.63) is 58.5 Å². The number of fused-ring (bicyclic) bond motifs is 1. The zero-order valence-electron chi connectivity index (χ0n) is 18.0. The minimum Gasteiger partial charge on any atom is -0.494 e. The first-order chi connectivity index (χ1) is 15.0. The number of H-pyrrole nitrogens is 2. The molecule has 0 radical (unpaired) electrons. The first kappa shape index (κ1) is 21.1. The van der Waals surface area contributed by atoms with Crippen molar-refractivity contribution in [1.29, 1.82) is 0 Å². The maximum absolute atomic E-state index is 12.8. The first-order valence-electron chi connectivity index (χ1n) is 10.7. The number of nitrogens with zero attached hydrogens (tertiary/aromatic N) is 2. The lowest BCUT2D eigenvalue weighted by Crippen LogP contribution is -2.52. The maximum Gasteiger partial charge on any atom is 0.323 e. The fourth-order valence-electron chi connectivity index (χ4n) is 3.95. The Morgan fingerprint density at radius 3 is 2.48 bits per heavy atom. The second-order valence-corrected chi connectivity index (χ2v) is 7.89. The van der Waals surface area contributed by atoms with Gasteiger partial charge in [0.2, 0.25) is 5.91 Å². The Kier molecular flexibility index (Phi) is 6.39. The predicted octanol–water partition coefficient (Wildman–Crippen LogP) is 2.40. The molecule has 3 N–H and O–H groups in total. The van der Waals surface area contributed by atoms with Crippen molar-refractivity contribution in [2.45, 2.75) is 26.4 Å². The van der Waals surface area contributed by atoms with Gasteiger partial charge in [0.1, 0.15) is 5.75 Å². The quantitative estimate of drug-likeness (QED) is 0.543. The molecule has 31 heavy (non-hydrogen) atoms. The van der Waals surface area contributed by atoms with E-state index in [4.69, 9.17) is 4.74 Å². The van der Waals surface area contributed by atoms with Gasteiger partial charge in [-0.3, -0.25) is 14.6 Å². The summed E-state index contributed by atoms with van der Waals surface area (Å²) in [4.78, 5) is 34.2. The van der Waals surface area contributed by atoms with E-state index in [0.29, 0.717) is 17.8 Å². The topological polar surface area (TPSA) is 93.5 Å². The Hall–Kier alpha value is -3.10.